The Balaban J connectivity index is 1.26. The van der Waals surface area contributed by atoms with Crippen molar-refractivity contribution in [1.29, 1.82) is 0 Å². The number of halogens is 3. The lowest BCUT2D eigenvalue weighted by atomic mass is 9.95. The predicted molar refractivity (Wildman–Crippen MR) is 173 cm³/mol. The molecule has 1 saturated heterocycles. The van der Waals surface area contributed by atoms with Crippen molar-refractivity contribution in [3.8, 4) is 22.6 Å². The van der Waals surface area contributed by atoms with Crippen LogP contribution < -0.4 is 5.32 Å². The standard InChI is InChI=1S/C36H35F3N6O2/c1-35(2,27-13-7-4-8-14-27)44-33-40-19-16-29(41-33)31-30(26-12-9-15-28(22-26)36(37,38)39)42-32(43-31)25-17-20-45(21-18-25)34(46)47-23-24-10-5-3-6-11-24/h3-16,19,22,25H,17-18,20-21,23H2,1-2H3,(H,42,43)(H,40,41,44). The summed E-state index contributed by atoms with van der Waals surface area (Å²) < 4.78 is 46.6. The fourth-order valence-electron chi connectivity index (χ4n) is 5.73. The number of carbonyl (C=O) groups is 1. The fraction of sp³-hybridized carbons (Fsp3) is 0.278. The zero-order chi connectivity index (χ0) is 33.0. The third-order valence-corrected chi connectivity index (χ3v) is 8.36. The first-order valence-electron chi connectivity index (χ1n) is 15.5. The van der Waals surface area contributed by atoms with E-state index in [9.17, 15) is 18.0 Å². The van der Waals surface area contributed by atoms with Crippen LogP contribution in [0.5, 0.6) is 0 Å². The SMILES string of the molecule is CC(C)(Nc1nccc(-c2[nH]c(C3CCN(C(=O)OCc4ccccc4)CC3)nc2-c2cccc(C(F)(F)F)c2)n1)c1ccccc1. The number of anilines is 1. The molecule has 5 aromatic rings. The van der Waals surface area contributed by atoms with Crippen molar-refractivity contribution in [2.75, 3.05) is 18.4 Å². The first-order valence-corrected chi connectivity index (χ1v) is 15.5. The number of carbonyl (C=O) groups excluding carboxylic acids is 1. The van der Waals surface area contributed by atoms with Gasteiger partial charge in [-0.2, -0.15) is 13.2 Å². The van der Waals surface area contributed by atoms with Crippen LogP contribution in [0.2, 0.25) is 0 Å². The Kier molecular flexibility index (Phi) is 8.97. The molecule has 0 aliphatic carbocycles. The van der Waals surface area contributed by atoms with Crippen LogP contribution in [0.4, 0.5) is 23.9 Å². The number of aromatic amines is 1. The van der Waals surface area contributed by atoms with Gasteiger partial charge in [-0.1, -0.05) is 72.8 Å². The lowest BCUT2D eigenvalue weighted by Gasteiger charge is -2.30. The van der Waals surface area contributed by atoms with E-state index in [1.165, 1.54) is 6.07 Å². The molecule has 1 fully saturated rings. The molecule has 1 aliphatic heterocycles. The molecule has 2 aromatic heterocycles. The molecule has 0 radical (unpaired) electrons. The van der Waals surface area contributed by atoms with Crippen molar-refractivity contribution >= 4 is 12.0 Å². The first-order chi connectivity index (χ1) is 22.6. The van der Waals surface area contributed by atoms with E-state index in [2.05, 4.69) is 15.3 Å². The highest BCUT2D eigenvalue weighted by Crippen LogP contribution is 2.37. The molecule has 47 heavy (non-hydrogen) atoms. The van der Waals surface area contributed by atoms with Crippen LogP contribution >= 0.6 is 0 Å². The minimum atomic E-state index is -4.51. The molecule has 0 atom stereocenters. The first kappa shape index (κ1) is 31.8. The number of imidazole rings is 1. The van der Waals surface area contributed by atoms with Gasteiger partial charge in [0.05, 0.1) is 28.2 Å². The molecule has 242 valence electrons. The number of hydrogen-bond acceptors (Lipinski definition) is 6. The van der Waals surface area contributed by atoms with Crippen molar-refractivity contribution in [3.63, 3.8) is 0 Å². The second-order valence-electron chi connectivity index (χ2n) is 12.1. The number of ether oxygens (including phenoxy) is 1. The topological polar surface area (TPSA) is 96.0 Å². The molecule has 8 nitrogen and oxygen atoms in total. The zero-order valence-electron chi connectivity index (χ0n) is 26.1. The molecule has 6 rings (SSSR count). The summed E-state index contributed by atoms with van der Waals surface area (Å²) in [5.41, 5.74) is 2.35. The number of H-pyrrole nitrogens is 1. The Labute approximate surface area is 271 Å². The van der Waals surface area contributed by atoms with Crippen molar-refractivity contribution < 1.29 is 22.7 Å². The normalized spacial score (nSPS) is 14.2. The van der Waals surface area contributed by atoms with E-state index in [1.807, 2.05) is 74.5 Å². The maximum absolute atomic E-state index is 13.7. The lowest BCUT2D eigenvalue weighted by Crippen LogP contribution is -2.38. The van der Waals surface area contributed by atoms with E-state index in [4.69, 9.17) is 14.7 Å². The number of likely N-dealkylation sites (tertiary alicyclic amines) is 1. The van der Waals surface area contributed by atoms with E-state index >= 15 is 0 Å². The molecule has 0 spiro atoms. The Morgan fingerprint density at radius 3 is 2.30 bits per heavy atom. The molecule has 1 aliphatic rings. The maximum Gasteiger partial charge on any atom is 0.416 e. The fourth-order valence-corrected chi connectivity index (χ4v) is 5.73. The van der Waals surface area contributed by atoms with E-state index in [0.717, 1.165) is 23.3 Å². The van der Waals surface area contributed by atoms with Crippen LogP contribution in [0.25, 0.3) is 22.6 Å². The van der Waals surface area contributed by atoms with E-state index < -0.39 is 17.3 Å². The van der Waals surface area contributed by atoms with E-state index in [0.29, 0.717) is 60.3 Å². The van der Waals surface area contributed by atoms with E-state index in [1.54, 1.807) is 23.2 Å². The summed E-state index contributed by atoms with van der Waals surface area (Å²) in [7, 11) is 0. The molecule has 0 saturated carbocycles. The van der Waals surface area contributed by atoms with Crippen molar-refractivity contribution in [2.45, 2.75) is 50.9 Å². The summed E-state index contributed by atoms with van der Waals surface area (Å²) in [5.74, 6) is 0.940. The minimum absolute atomic E-state index is 0.0529. The number of alkyl halides is 3. The molecule has 3 heterocycles. The second-order valence-corrected chi connectivity index (χ2v) is 12.1. The van der Waals surface area contributed by atoms with Crippen LogP contribution in [0, 0.1) is 0 Å². The van der Waals surface area contributed by atoms with E-state index in [-0.39, 0.29) is 18.6 Å². The van der Waals surface area contributed by atoms with Crippen molar-refractivity contribution in [2.24, 2.45) is 0 Å². The molecule has 0 unspecified atom stereocenters. The molecular formula is C36H35F3N6O2. The monoisotopic (exact) mass is 640 g/mol. The second kappa shape index (κ2) is 13.3. The van der Waals surface area contributed by atoms with Crippen LogP contribution in [0.15, 0.2) is 97.2 Å². The predicted octanol–water partition coefficient (Wildman–Crippen LogP) is 8.42. The molecule has 0 bridgehead atoms. The quantitative estimate of drug-likeness (QED) is 0.177. The Hall–Kier alpha value is -5.19. The smallest absolute Gasteiger partial charge is 0.416 e. The lowest BCUT2D eigenvalue weighted by molar-refractivity contribution is -0.137. The van der Waals surface area contributed by atoms with Crippen molar-refractivity contribution in [3.05, 3.63) is 120 Å². The Bertz CT molecular complexity index is 1820. The summed E-state index contributed by atoms with van der Waals surface area (Å²) in [6.45, 7) is 5.15. The van der Waals surface area contributed by atoms with Crippen LogP contribution in [-0.4, -0.2) is 44.0 Å². The van der Waals surface area contributed by atoms with Crippen LogP contribution in [0.3, 0.4) is 0 Å². The number of benzene rings is 3. The van der Waals surface area contributed by atoms with Crippen LogP contribution in [-0.2, 0) is 23.1 Å². The molecular weight excluding hydrogens is 605 g/mol. The number of hydrogen-bond donors (Lipinski definition) is 2. The molecule has 11 heteroatoms. The van der Waals surface area contributed by atoms with Crippen molar-refractivity contribution in [1.82, 2.24) is 24.8 Å². The van der Waals surface area contributed by atoms with Gasteiger partial charge in [0.1, 0.15) is 12.4 Å². The van der Waals surface area contributed by atoms with Gasteiger partial charge in [0.25, 0.3) is 0 Å². The highest BCUT2D eigenvalue weighted by Gasteiger charge is 2.32. The number of amides is 1. The summed E-state index contributed by atoms with van der Waals surface area (Å²) in [4.78, 5) is 31.9. The third kappa shape index (κ3) is 7.45. The molecule has 2 N–H and O–H groups in total. The summed E-state index contributed by atoms with van der Waals surface area (Å²) in [6.07, 6.45) is -2.06. The highest BCUT2D eigenvalue weighted by atomic mass is 19.4. The highest BCUT2D eigenvalue weighted by molar-refractivity contribution is 5.77. The number of piperidine rings is 1. The number of aromatic nitrogens is 4. The number of nitrogens with zero attached hydrogens (tertiary/aromatic N) is 4. The van der Waals surface area contributed by atoms with Gasteiger partial charge in [0.2, 0.25) is 5.95 Å². The van der Waals surface area contributed by atoms with Gasteiger partial charge in [-0.15, -0.1) is 0 Å². The summed E-state index contributed by atoms with van der Waals surface area (Å²) in [6, 6.07) is 26.2. The largest absolute Gasteiger partial charge is 0.445 e. The minimum Gasteiger partial charge on any atom is -0.445 e. The van der Waals surface area contributed by atoms with Crippen LogP contribution in [0.1, 0.15) is 55.1 Å². The Morgan fingerprint density at radius 2 is 1.60 bits per heavy atom. The zero-order valence-corrected chi connectivity index (χ0v) is 26.1. The average Bonchev–Trinajstić information content (AvgIpc) is 3.54. The van der Waals surface area contributed by atoms with Gasteiger partial charge in [-0.25, -0.2) is 19.7 Å². The van der Waals surface area contributed by atoms with Gasteiger partial charge in [-0.05, 0) is 56.0 Å². The van der Waals surface area contributed by atoms with Gasteiger partial charge in [0, 0.05) is 30.8 Å². The molecule has 1 amide bonds. The van der Waals surface area contributed by atoms with Gasteiger partial charge in [0.15, 0.2) is 0 Å². The Morgan fingerprint density at radius 1 is 0.915 bits per heavy atom. The number of rotatable bonds is 8. The summed E-state index contributed by atoms with van der Waals surface area (Å²) in [5, 5.41) is 3.38. The summed E-state index contributed by atoms with van der Waals surface area (Å²) >= 11 is 0. The number of nitrogens with one attached hydrogen (secondary N) is 2. The van der Waals surface area contributed by atoms with Gasteiger partial charge >= 0.3 is 12.3 Å². The van der Waals surface area contributed by atoms with Gasteiger partial charge in [-0.3, -0.25) is 0 Å². The van der Waals surface area contributed by atoms with Gasteiger partial charge < -0.3 is 19.9 Å². The average molecular weight is 641 g/mol. The molecule has 3 aromatic carbocycles. The maximum atomic E-state index is 13.7. The third-order valence-electron chi connectivity index (χ3n) is 8.36.